The largest absolute Gasteiger partial charge is 0.469 e. The molecule has 1 N–H and O–H groups in total. The minimum absolute atomic E-state index is 0.0527. The van der Waals surface area contributed by atoms with Gasteiger partial charge in [-0.3, -0.25) is 14.5 Å². The first-order valence-electron chi connectivity index (χ1n) is 8.55. The average Bonchev–Trinajstić information content (AvgIpc) is 3.16. The molecule has 27 heavy (non-hydrogen) atoms. The van der Waals surface area contributed by atoms with Crippen molar-refractivity contribution < 1.29 is 14.0 Å². The minimum atomic E-state index is -0.225. The number of rotatable bonds is 5. The van der Waals surface area contributed by atoms with Gasteiger partial charge in [0.25, 0.3) is 5.91 Å². The van der Waals surface area contributed by atoms with Crippen LogP contribution in [0.15, 0.2) is 75.3 Å². The van der Waals surface area contributed by atoms with Crippen molar-refractivity contribution in [3.05, 3.63) is 72.3 Å². The zero-order valence-corrected chi connectivity index (χ0v) is 15.2. The number of nitrogens with one attached hydrogen (secondary N) is 1. The molecule has 0 unspecified atom stereocenters. The Bertz CT molecular complexity index is 972. The molecule has 1 aromatic carbocycles. The van der Waals surface area contributed by atoms with Crippen LogP contribution >= 0.6 is 11.8 Å². The molecule has 0 saturated heterocycles. The van der Waals surface area contributed by atoms with E-state index >= 15 is 0 Å². The summed E-state index contributed by atoms with van der Waals surface area (Å²) in [6.07, 6.45) is 3.87. The van der Waals surface area contributed by atoms with Crippen LogP contribution < -0.4 is 10.2 Å². The van der Waals surface area contributed by atoms with E-state index in [2.05, 4.69) is 10.3 Å². The highest BCUT2D eigenvalue weighted by atomic mass is 32.2. The number of benzene rings is 1. The number of aromatic nitrogens is 1. The summed E-state index contributed by atoms with van der Waals surface area (Å²) in [4.78, 5) is 32.3. The Morgan fingerprint density at radius 1 is 1.15 bits per heavy atom. The van der Waals surface area contributed by atoms with E-state index in [1.807, 2.05) is 36.4 Å². The van der Waals surface area contributed by atoms with E-state index < -0.39 is 0 Å². The Morgan fingerprint density at radius 2 is 2.04 bits per heavy atom. The summed E-state index contributed by atoms with van der Waals surface area (Å²) in [5, 5.41) is 3.50. The molecule has 6 nitrogen and oxygen atoms in total. The third-order valence-electron chi connectivity index (χ3n) is 4.18. The van der Waals surface area contributed by atoms with Crippen LogP contribution in [0.25, 0.3) is 0 Å². The van der Waals surface area contributed by atoms with Gasteiger partial charge in [-0.25, -0.2) is 4.98 Å². The monoisotopic (exact) mass is 379 g/mol. The van der Waals surface area contributed by atoms with E-state index in [0.717, 1.165) is 10.7 Å². The molecule has 0 radical (unpaired) electrons. The first-order valence-corrected chi connectivity index (χ1v) is 9.37. The van der Waals surface area contributed by atoms with E-state index in [1.54, 1.807) is 24.6 Å². The van der Waals surface area contributed by atoms with Gasteiger partial charge in [0.15, 0.2) is 0 Å². The molecule has 0 fully saturated rings. The van der Waals surface area contributed by atoms with Crippen molar-refractivity contribution in [3.8, 4) is 0 Å². The zero-order chi connectivity index (χ0) is 18.6. The second kappa shape index (κ2) is 7.67. The molecule has 4 rings (SSSR count). The van der Waals surface area contributed by atoms with Crippen LogP contribution in [0, 0.1) is 0 Å². The molecule has 0 bridgehead atoms. The summed E-state index contributed by atoms with van der Waals surface area (Å²) < 4.78 is 5.26. The predicted octanol–water partition coefficient (Wildman–Crippen LogP) is 3.14. The Kier molecular flexibility index (Phi) is 4.93. The van der Waals surface area contributed by atoms with E-state index in [0.29, 0.717) is 29.2 Å². The van der Waals surface area contributed by atoms with E-state index in [4.69, 9.17) is 4.42 Å². The molecule has 7 heteroatoms. The lowest BCUT2D eigenvalue weighted by molar-refractivity contribution is -0.119. The van der Waals surface area contributed by atoms with Crippen LogP contribution in [0.3, 0.4) is 0 Å². The molecule has 0 saturated carbocycles. The number of hydrogen-bond donors (Lipinski definition) is 1. The van der Waals surface area contributed by atoms with E-state index in [9.17, 15) is 9.59 Å². The number of fused-ring (bicyclic) bond motifs is 2. The van der Waals surface area contributed by atoms with Gasteiger partial charge in [-0.05, 0) is 36.4 Å². The van der Waals surface area contributed by atoms with Crippen LogP contribution in [0.5, 0.6) is 0 Å². The van der Waals surface area contributed by atoms with Gasteiger partial charge in [-0.2, -0.15) is 0 Å². The van der Waals surface area contributed by atoms with E-state index in [1.165, 1.54) is 16.7 Å². The first-order chi connectivity index (χ1) is 13.2. The van der Waals surface area contributed by atoms with Crippen LogP contribution in [0.4, 0.5) is 5.69 Å². The van der Waals surface area contributed by atoms with E-state index in [-0.39, 0.29) is 18.4 Å². The van der Waals surface area contributed by atoms with Crippen LogP contribution in [-0.2, 0) is 11.2 Å². The molecule has 3 aromatic rings. The summed E-state index contributed by atoms with van der Waals surface area (Å²) in [6, 6.07) is 14.7. The van der Waals surface area contributed by atoms with Crippen molar-refractivity contribution in [2.24, 2.45) is 0 Å². The normalized spacial score (nSPS) is 12.9. The second-order valence-corrected chi connectivity index (χ2v) is 7.03. The highest BCUT2D eigenvalue weighted by Gasteiger charge is 2.29. The predicted molar refractivity (Wildman–Crippen MR) is 102 cm³/mol. The zero-order valence-electron chi connectivity index (χ0n) is 14.4. The van der Waals surface area contributed by atoms with Crippen LogP contribution in [0.2, 0.25) is 0 Å². The summed E-state index contributed by atoms with van der Waals surface area (Å²) in [5.41, 5.74) is 1.22. The molecule has 0 atom stereocenters. The minimum Gasteiger partial charge on any atom is -0.469 e. The fourth-order valence-electron chi connectivity index (χ4n) is 2.90. The van der Waals surface area contributed by atoms with Crippen LogP contribution in [-0.4, -0.2) is 29.9 Å². The molecule has 0 spiro atoms. The summed E-state index contributed by atoms with van der Waals surface area (Å²) in [5.74, 6) is 0.363. The highest BCUT2D eigenvalue weighted by Crippen LogP contribution is 2.39. The third kappa shape index (κ3) is 3.73. The quantitative estimate of drug-likeness (QED) is 0.737. The standard InChI is InChI=1S/C20H17N3O3S/c24-18(21-11-9-14-5-4-12-26-14)13-23-16-7-1-2-8-17(16)27-19-15(20(23)25)6-3-10-22-19/h1-8,10,12H,9,11,13H2,(H,21,24). The lowest BCUT2D eigenvalue weighted by Crippen LogP contribution is -2.41. The third-order valence-corrected chi connectivity index (χ3v) is 5.27. The molecule has 2 amide bonds. The fraction of sp³-hybridized carbons (Fsp3) is 0.150. The van der Waals surface area contributed by atoms with Gasteiger partial charge >= 0.3 is 0 Å². The number of anilines is 1. The molecular formula is C20H17N3O3S. The Hall–Kier alpha value is -3.06. The summed E-state index contributed by atoms with van der Waals surface area (Å²) in [6.45, 7) is 0.395. The Balaban J connectivity index is 1.53. The second-order valence-electron chi connectivity index (χ2n) is 6.00. The van der Waals surface area contributed by atoms with Gasteiger partial charge in [-0.15, -0.1) is 0 Å². The van der Waals surface area contributed by atoms with Gasteiger partial charge in [0.2, 0.25) is 5.91 Å². The summed E-state index contributed by atoms with van der Waals surface area (Å²) in [7, 11) is 0. The first kappa shape index (κ1) is 17.4. The number of hydrogen-bond acceptors (Lipinski definition) is 5. The SMILES string of the molecule is O=C(CN1C(=O)c2cccnc2Sc2ccccc21)NCCc1ccco1. The highest BCUT2D eigenvalue weighted by molar-refractivity contribution is 7.99. The molecular weight excluding hydrogens is 362 g/mol. The maximum absolute atomic E-state index is 13.1. The van der Waals surface area contributed by atoms with Gasteiger partial charge in [0.1, 0.15) is 17.3 Å². The number of carbonyl (C=O) groups excluding carboxylic acids is 2. The number of nitrogens with zero attached hydrogens (tertiary/aromatic N) is 2. The maximum atomic E-state index is 13.1. The number of amides is 2. The van der Waals surface area contributed by atoms with Crippen molar-refractivity contribution in [2.45, 2.75) is 16.3 Å². The number of pyridine rings is 1. The van der Waals surface area contributed by atoms with Gasteiger partial charge in [-0.1, -0.05) is 23.9 Å². The van der Waals surface area contributed by atoms with Gasteiger partial charge < -0.3 is 9.73 Å². The number of carbonyl (C=O) groups is 2. The lowest BCUT2D eigenvalue weighted by Gasteiger charge is -2.22. The van der Waals surface area contributed by atoms with Crippen molar-refractivity contribution in [1.82, 2.24) is 10.3 Å². The van der Waals surface area contributed by atoms with Gasteiger partial charge in [0.05, 0.1) is 17.5 Å². The van der Waals surface area contributed by atoms with Crippen molar-refractivity contribution in [2.75, 3.05) is 18.0 Å². The average molecular weight is 379 g/mol. The Labute approximate surface area is 160 Å². The number of para-hydroxylation sites is 1. The van der Waals surface area contributed by atoms with Crippen molar-refractivity contribution in [1.29, 1.82) is 0 Å². The van der Waals surface area contributed by atoms with Gasteiger partial charge in [0, 0.05) is 24.1 Å². The molecule has 1 aliphatic rings. The van der Waals surface area contributed by atoms with Crippen molar-refractivity contribution >= 4 is 29.3 Å². The smallest absolute Gasteiger partial charge is 0.261 e. The van der Waals surface area contributed by atoms with Crippen LogP contribution in [0.1, 0.15) is 16.1 Å². The number of furan rings is 1. The molecule has 136 valence electrons. The molecule has 0 aliphatic carbocycles. The summed E-state index contributed by atoms with van der Waals surface area (Å²) >= 11 is 1.44. The topological polar surface area (TPSA) is 75.4 Å². The lowest BCUT2D eigenvalue weighted by atomic mass is 10.2. The molecule has 3 heterocycles. The van der Waals surface area contributed by atoms with Crippen molar-refractivity contribution in [3.63, 3.8) is 0 Å². The fourth-order valence-corrected chi connectivity index (χ4v) is 3.91. The Morgan fingerprint density at radius 3 is 2.89 bits per heavy atom. The maximum Gasteiger partial charge on any atom is 0.261 e. The molecule has 1 aliphatic heterocycles. The molecule has 2 aromatic heterocycles.